The van der Waals surface area contributed by atoms with E-state index < -0.39 is 0 Å². The van der Waals surface area contributed by atoms with Gasteiger partial charge in [-0.2, -0.15) is 0 Å². The van der Waals surface area contributed by atoms with Crippen LogP contribution in [0, 0.1) is 5.82 Å². The Bertz CT molecular complexity index is 709. The average molecular weight is 288 g/mol. The summed E-state index contributed by atoms with van der Waals surface area (Å²) >= 11 is 0. The third-order valence-corrected chi connectivity index (χ3v) is 3.54. The number of benzene rings is 1. The minimum atomic E-state index is -0.308. The monoisotopic (exact) mass is 288 g/mol. The maximum atomic E-state index is 13.9. The third kappa shape index (κ3) is 3.28. The summed E-state index contributed by atoms with van der Waals surface area (Å²) in [5.41, 5.74) is 6.55. The van der Waals surface area contributed by atoms with Crippen molar-refractivity contribution in [3.8, 4) is 0 Å². The Morgan fingerprint density at radius 2 is 2.19 bits per heavy atom. The largest absolute Gasteiger partial charge is 0.366 e. The maximum absolute atomic E-state index is 13.9. The Balaban J connectivity index is 1.74. The van der Waals surface area contributed by atoms with Gasteiger partial charge in [0.2, 0.25) is 0 Å². The lowest BCUT2D eigenvalue weighted by Crippen LogP contribution is -2.13. The molecular weight excluding hydrogens is 271 g/mol. The minimum Gasteiger partial charge on any atom is -0.366 e. The van der Waals surface area contributed by atoms with E-state index in [4.69, 9.17) is 5.73 Å². The van der Waals surface area contributed by atoms with Crippen LogP contribution in [0.4, 0.5) is 10.2 Å². The molecule has 1 aliphatic rings. The van der Waals surface area contributed by atoms with Crippen LogP contribution in [0.5, 0.6) is 0 Å². The number of nitrogens with two attached hydrogens (primary N) is 1. The number of nitrogens with zero attached hydrogens (tertiary/aromatic N) is 1. The van der Waals surface area contributed by atoms with Crippen LogP contribution >= 0.6 is 0 Å². The van der Waals surface area contributed by atoms with Gasteiger partial charge in [-0.15, -0.1) is 0 Å². The Morgan fingerprint density at radius 3 is 2.86 bits per heavy atom. The van der Waals surface area contributed by atoms with Crippen molar-refractivity contribution >= 4 is 5.82 Å². The summed E-state index contributed by atoms with van der Waals surface area (Å²) < 4.78 is 13.9. The smallest absolute Gasteiger partial charge is 0.252 e. The summed E-state index contributed by atoms with van der Waals surface area (Å²) in [5, 5.41) is 3.00. The van der Waals surface area contributed by atoms with Gasteiger partial charge < -0.3 is 16.0 Å². The van der Waals surface area contributed by atoms with E-state index in [9.17, 15) is 9.18 Å². The molecule has 1 aliphatic carbocycles. The standard InChI is InChI=1S/C15H17FN4O/c16-12-5-9(7-17)1-2-11(12)8-18-13-6-14(21)20-15(19-13)10-3-4-10/h1-2,5-6,10H,3-4,7-8,17H2,(H2,18,19,20,21). The molecule has 0 amide bonds. The first kappa shape index (κ1) is 13.8. The molecule has 2 aromatic rings. The molecule has 0 atom stereocenters. The number of rotatable bonds is 5. The molecule has 110 valence electrons. The first-order valence-electron chi connectivity index (χ1n) is 6.98. The zero-order valence-corrected chi connectivity index (χ0v) is 11.5. The van der Waals surface area contributed by atoms with E-state index in [2.05, 4.69) is 15.3 Å². The zero-order chi connectivity index (χ0) is 14.8. The van der Waals surface area contributed by atoms with E-state index in [0.29, 0.717) is 29.7 Å². The number of nitrogens with one attached hydrogen (secondary N) is 2. The first-order chi connectivity index (χ1) is 10.2. The fourth-order valence-electron chi connectivity index (χ4n) is 2.16. The summed E-state index contributed by atoms with van der Waals surface area (Å²) in [5.74, 6) is 1.24. The molecule has 0 saturated heterocycles. The summed E-state index contributed by atoms with van der Waals surface area (Å²) in [6, 6.07) is 6.30. The average Bonchev–Trinajstić information content (AvgIpc) is 3.30. The molecule has 1 saturated carbocycles. The van der Waals surface area contributed by atoms with Gasteiger partial charge in [-0.1, -0.05) is 12.1 Å². The van der Waals surface area contributed by atoms with E-state index >= 15 is 0 Å². The van der Waals surface area contributed by atoms with Crippen molar-refractivity contribution in [2.75, 3.05) is 5.32 Å². The van der Waals surface area contributed by atoms with Gasteiger partial charge in [0.15, 0.2) is 0 Å². The van der Waals surface area contributed by atoms with Gasteiger partial charge in [-0.25, -0.2) is 9.37 Å². The number of aromatic amines is 1. The predicted molar refractivity (Wildman–Crippen MR) is 78.5 cm³/mol. The molecule has 0 unspecified atom stereocenters. The van der Waals surface area contributed by atoms with E-state index in [1.54, 1.807) is 12.1 Å². The van der Waals surface area contributed by atoms with Gasteiger partial charge >= 0.3 is 0 Å². The molecule has 0 radical (unpaired) electrons. The highest BCUT2D eigenvalue weighted by Crippen LogP contribution is 2.37. The molecule has 4 N–H and O–H groups in total. The van der Waals surface area contributed by atoms with E-state index in [1.807, 2.05) is 0 Å². The van der Waals surface area contributed by atoms with Crippen molar-refractivity contribution in [1.29, 1.82) is 0 Å². The maximum Gasteiger partial charge on any atom is 0.252 e. The van der Waals surface area contributed by atoms with E-state index in [0.717, 1.165) is 18.4 Å². The molecule has 6 heteroatoms. The van der Waals surface area contributed by atoms with Crippen LogP contribution in [0.2, 0.25) is 0 Å². The summed E-state index contributed by atoms with van der Waals surface area (Å²) in [6.45, 7) is 0.586. The van der Waals surface area contributed by atoms with Crippen LogP contribution in [0.3, 0.4) is 0 Å². The molecular formula is C15H17FN4O. The second-order valence-electron chi connectivity index (χ2n) is 5.27. The number of aromatic nitrogens is 2. The number of hydrogen-bond donors (Lipinski definition) is 3. The van der Waals surface area contributed by atoms with Crippen LogP contribution in [-0.4, -0.2) is 9.97 Å². The molecule has 5 nitrogen and oxygen atoms in total. The molecule has 0 aliphatic heterocycles. The second-order valence-corrected chi connectivity index (χ2v) is 5.27. The summed E-state index contributed by atoms with van der Waals surface area (Å²) in [6.07, 6.45) is 2.11. The molecule has 1 heterocycles. The Labute approximate surface area is 121 Å². The molecule has 1 aromatic carbocycles. The highest BCUT2D eigenvalue weighted by molar-refractivity contribution is 5.36. The van der Waals surface area contributed by atoms with Crippen molar-refractivity contribution in [3.63, 3.8) is 0 Å². The van der Waals surface area contributed by atoms with Gasteiger partial charge in [-0.3, -0.25) is 4.79 Å². The van der Waals surface area contributed by atoms with Gasteiger partial charge in [-0.05, 0) is 24.5 Å². The molecule has 21 heavy (non-hydrogen) atoms. The van der Waals surface area contributed by atoms with Crippen LogP contribution in [0.25, 0.3) is 0 Å². The van der Waals surface area contributed by atoms with Gasteiger partial charge in [0.25, 0.3) is 5.56 Å². The van der Waals surface area contributed by atoms with Crippen LogP contribution in [0.15, 0.2) is 29.1 Å². The fraction of sp³-hybridized carbons (Fsp3) is 0.333. The molecule has 0 spiro atoms. The SMILES string of the molecule is NCc1ccc(CNc2cc(=O)[nH]c(C3CC3)n2)c(F)c1. The molecule has 0 bridgehead atoms. The third-order valence-electron chi connectivity index (χ3n) is 3.54. The quantitative estimate of drug-likeness (QED) is 0.784. The molecule has 1 aromatic heterocycles. The lowest BCUT2D eigenvalue weighted by Gasteiger charge is -2.08. The topological polar surface area (TPSA) is 83.8 Å². The highest BCUT2D eigenvalue weighted by Gasteiger charge is 2.26. The van der Waals surface area contributed by atoms with Crippen LogP contribution in [0.1, 0.15) is 35.7 Å². The molecule has 1 fully saturated rings. The van der Waals surface area contributed by atoms with Crippen molar-refractivity contribution in [2.45, 2.75) is 31.8 Å². The van der Waals surface area contributed by atoms with Crippen LogP contribution < -0.4 is 16.6 Å². The fourth-order valence-corrected chi connectivity index (χ4v) is 2.16. The van der Waals surface area contributed by atoms with Crippen molar-refractivity contribution in [2.24, 2.45) is 5.73 Å². The van der Waals surface area contributed by atoms with Crippen molar-refractivity contribution < 1.29 is 4.39 Å². The summed E-state index contributed by atoms with van der Waals surface area (Å²) in [7, 11) is 0. The number of anilines is 1. The zero-order valence-electron chi connectivity index (χ0n) is 11.5. The summed E-state index contributed by atoms with van der Waals surface area (Å²) in [4.78, 5) is 18.7. The highest BCUT2D eigenvalue weighted by atomic mass is 19.1. The lowest BCUT2D eigenvalue weighted by molar-refractivity contribution is 0.610. The number of hydrogen-bond acceptors (Lipinski definition) is 4. The van der Waals surface area contributed by atoms with Crippen molar-refractivity contribution in [1.82, 2.24) is 9.97 Å². The second kappa shape index (κ2) is 5.65. The number of halogens is 1. The minimum absolute atomic E-state index is 0.187. The Kier molecular flexibility index (Phi) is 3.70. The number of H-pyrrole nitrogens is 1. The first-order valence-corrected chi connectivity index (χ1v) is 6.98. The molecule has 3 rings (SSSR count). The van der Waals surface area contributed by atoms with Gasteiger partial charge in [0.05, 0.1) is 0 Å². The van der Waals surface area contributed by atoms with Gasteiger partial charge in [0, 0.05) is 30.6 Å². The Hall–Kier alpha value is -2.21. The van der Waals surface area contributed by atoms with E-state index in [-0.39, 0.29) is 17.9 Å². The van der Waals surface area contributed by atoms with Crippen molar-refractivity contribution in [3.05, 3.63) is 57.4 Å². The predicted octanol–water partition coefficient (Wildman–Crippen LogP) is 1.86. The van der Waals surface area contributed by atoms with E-state index in [1.165, 1.54) is 12.1 Å². The Morgan fingerprint density at radius 1 is 1.38 bits per heavy atom. The lowest BCUT2D eigenvalue weighted by atomic mass is 10.1. The normalized spacial score (nSPS) is 14.2. The van der Waals surface area contributed by atoms with Crippen LogP contribution in [-0.2, 0) is 13.1 Å². The van der Waals surface area contributed by atoms with Gasteiger partial charge in [0.1, 0.15) is 17.5 Å².